The minimum Gasteiger partial charge on any atom is -0.360 e. The Hall–Kier alpha value is -3.66. The lowest BCUT2D eigenvalue weighted by atomic mass is 10.1. The topological polar surface area (TPSA) is 122 Å². The molecule has 0 radical (unpaired) electrons. The van der Waals surface area contributed by atoms with Gasteiger partial charge < -0.3 is 4.52 Å². The monoisotopic (exact) mass is 382 g/mol. The number of hydrogen-bond acceptors (Lipinski definition) is 7. The molecule has 0 aliphatic heterocycles. The van der Waals surface area contributed by atoms with Crippen molar-refractivity contribution in [3.8, 4) is 11.3 Å². The van der Waals surface area contributed by atoms with E-state index in [0.29, 0.717) is 11.5 Å². The molecule has 2 amide bonds. The normalized spacial score (nSPS) is 10.1. The Bertz CT molecular complexity index is 975. The van der Waals surface area contributed by atoms with E-state index in [-0.39, 0.29) is 16.4 Å². The second kappa shape index (κ2) is 8.15. The number of hydrogen-bond donors (Lipinski definition) is 3. The van der Waals surface area contributed by atoms with Crippen molar-refractivity contribution < 1.29 is 14.1 Å². The molecule has 0 spiro atoms. The van der Waals surface area contributed by atoms with Crippen LogP contribution in [-0.2, 0) is 0 Å². The number of rotatable bonds is 3. The van der Waals surface area contributed by atoms with E-state index in [1.807, 2.05) is 30.3 Å². The first-order valence-electron chi connectivity index (χ1n) is 7.75. The summed E-state index contributed by atoms with van der Waals surface area (Å²) in [5, 5.41) is 6.31. The molecule has 136 valence electrons. The van der Waals surface area contributed by atoms with Crippen LogP contribution < -0.4 is 16.2 Å². The van der Waals surface area contributed by atoms with Gasteiger partial charge in [0, 0.05) is 18.0 Å². The van der Waals surface area contributed by atoms with Crippen LogP contribution in [0.25, 0.3) is 11.3 Å². The van der Waals surface area contributed by atoms with Gasteiger partial charge in [0.2, 0.25) is 0 Å². The highest BCUT2D eigenvalue weighted by Gasteiger charge is 2.22. The second-order valence-corrected chi connectivity index (χ2v) is 5.69. The Morgan fingerprint density at radius 2 is 1.85 bits per heavy atom. The summed E-state index contributed by atoms with van der Waals surface area (Å²) >= 11 is 5.03. The summed E-state index contributed by atoms with van der Waals surface area (Å²) in [6.45, 7) is 1.63. The van der Waals surface area contributed by atoms with Gasteiger partial charge in [-0.15, -0.1) is 0 Å². The number of carbonyl (C=O) groups is 2. The number of nitrogens with zero attached hydrogens (tertiary/aromatic N) is 3. The molecule has 1 aromatic carbocycles. The zero-order chi connectivity index (χ0) is 19.2. The molecular formula is C17H14N6O3S. The summed E-state index contributed by atoms with van der Waals surface area (Å²) in [4.78, 5) is 32.1. The molecule has 2 aromatic heterocycles. The molecule has 0 aliphatic rings. The summed E-state index contributed by atoms with van der Waals surface area (Å²) in [6, 6.07) is 9.14. The van der Waals surface area contributed by atoms with E-state index in [0.717, 1.165) is 5.56 Å². The average molecular weight is 382 g/mol. The molecule has 2 heterocycles. The zero-order valence-corrected chi connectivity index (χ0v) is 14.9. The highest BCUT2D eigenvalue weighted by Crippen LogP contribution is 2.24. The number of benzene rings is 1. The number of aryl methyl sites for hydroxylation is 1. The predicted octanol–water partition coefficient (Wildman–Crippen LogP) is 1.39. The SMILES string of the molecule is Cc1onc(-c2ccccc2)c1C(=O)NC(=S)NNC(=O)c1cnccn1. The van der Waals surface area contributed by atoms with Gasteiger partial charge >= 0.3 is 0 Å². The van der Waals surface area contributed by atoms with Crippen molar-refractivity contribution in [2.75, 3.05) is 0 Å². The predicted molar refractivity (Wildman–Crippen MR) is 99.4 cm³/mol. The van der Waals surface area contributed by atoms with Gasteiger partial charge in [0.25, 0.3) is 11.8 Å². The summed E-state index contributed by atoms with van der Waals surface area (Å²) in [5.74, 6) is -0.720. The lowest BCUT2D eigenvalue weighted by Crippen LogP contribution is -2.48. The average Bonchev–Trinajstić information content (AvgIpc) is 3.09. The van der Waals surface area contributed by atoms with Gasteiger partial charge in [-0.1, -0.05) is 35.5 Å². The van der Waals surface area contributed by atoms with Gasteiger partial charge in [0.05, 0.1) is 6.20 Å². The molecule has 3 aromatic rings. The van der Waals surface area contributed by atoms with Crippen molar-refractivity contribution in [2.24, 2.45) is 0 Å². The summed E-state index contributed by atoms with van der Waals surface area (Å²) < 4.78 is 5.15. The second-order valence-electron chi connectivity index (χ2n) is 5.28. The van der Waals surface area contributed by atoms with E-state index in [4.69, 9.17) is 16.7 Å². The third-order valence-electron chi connectivity index (χ3n) is 3.45. The first-order valence-corrected chi connectivity index (χ1v) is 8.16. The van der Waals surface area contributed by atoms with Crippen molar-refractivity contribution in [3.05, 3.63) is 65.9 Å². The zero-order valence-electron chi connectivity index (χ0n) is 14.1. The van der Waals surface area contributed by atoms with Crippen molar-refractivity contribution >= 4 is 29.1 Å². The lowest BCUT2D eigenvalue weighted by Gasteiger charge is -2.10. The molecule has 0 unspecified atom stereocenters. The molecule has 3 N–H and O–H groups in total. The molecular weight excluding hydrogens is 368 g/mol. The Labute approximate surface area is 159 Å². The highest BCUT2D eigenvalue weighted by atomic mass is 32.1. The number of carbonyl (C=O) groups excluding carboxylic acids is 2. The molecule has 0 saturated heterocycles. The van der Waals surface area contributed by atoms with Gasteiger partial charge in [0.15, 0.2) is 5.11 Å². The van der Waals surface area contributed by atoms with E-state index in [9.17, 15) is 9.59 Å². The van der Waals surface area contributed by atoms with Gasteiger partial charge in [-0.3, -0.25) is 30.7 Å². The molecule has 27 heavy (non-hydrogen) atoms. The number of amides is 2. The van der Waals surface area contributed by atoms with Crippen molar-refractivity contribution in [2.45, 2.75) is 6.92 Å². The van der Waals surface area contributed by atoms with Crippen molar-refractivity contribution in [1.29, 1.82) is 0 Å². The molecule has 0 atom stereocenters. The third kappa shape index (κ3) is 4.30. The van der Waals surface area contributed by atoms with Crippen LogP contribution in [-0.4, -0.2) is 32.1 Å². The molecule has 0 saturated carbocycles. The maximum atomic E-state index is 12.6. The van der Waals surface area contributed by atoms with Gasteiger partial charge in [0.1, 0.15) is 22.7 Å². The molecule has 0 aliphatic carbocycles. The fourth-order valence-corrected chi connectivity index (χ4v) is 2.37. The van der Waals surface area contributed by atoms with Crippen LogP contribution in [0.1, 0.15) is 26.6 Å². The van der Waals surface area contributed by atoms with Crippen LogP contribution in [0.4, 0.5) is 0 Å². The van der Waals surface area contributed by atoms with Crippen LogP contribution in [0.15, 0.2) is 53.4 Å². The molecule has 0 fully saturated rings. The van der Waals surface area contributed by atoms with E-state index < -0.39 is 11.8 Å². The molecule has 9 nitrogen and oxygen atoms in total. The largest absolute Gasteiger partial charge is 0.360 e. The number of aromatic nitrogens is 3. The molecule has 10 heteroatoms. The highest BCUT2D eigenvalue weighted by molar-refractivity contribution is 7.80. The van der Waals surface area contributed by atoms with E-state index in [1.165, 1.54) is 18.6 Å². The minimum absolute atomic E-state index is 0.0976. The quantitative estimate of drug-likeness (QED) is 0.459. The smallest absolute Gasteiger partial charge is 0.289 e. The van der Waals surface area contributed by atoms with Crippen molar-refractivity contribution in [1.82, 2.24) is 31.3 Å². The molecule has 3 rings (SSSR count). The van der Waals surface area contributed by atoms with Gasteiger partial charge in [-0.05, 0) is 19.1 Å². The summed E-state index contributed by atoms with van der Waals surface area (Å²) in [5.41, 5.74) is 6.24. The van der Waals surface area contributed by atoms with E-state index in [2.05, 4.69) is 31.3 Å². The van der Waals surface area contributed by atoms with Gasteiger partial charge in [-0.25, -0.2) is 4.98 Å². The standard InChI is InChI=1S/C17H14N6O3S/c1-10-13(14(23-26-10)11-5-3-2-4-6-11)16(25)20-17(27)22-21-15(24)12-9-18-7-8-19-12/h2-9H,1H3,(H,21,24)(H2,20,22,25,27). The van der Waals surface area contributed by atoms with E-state index >= 15 is 0 Å². The van der Waals surface area contributed by atoms with Crippen LogP contribution in [0.5, 0.6) is 0 Å². The Morgan fingerprint density at radius 3 is 2.56 bits per heavy atom. The third-order valence-corrected chi connectivity index (χ3v) is 3.65. The Kier molecular flexibility index (Phi) is 5.47. The van der Waals surface area contributed by atoms with Crippen molar-refractivity contribution in [3.63, 3.8) is 0 Å². The number of nitrogens with one attached hydrogen (secondary N) is 3. The fraction of sp³-hybridized carbons (Fsp3) is 0.0588. The Balaban J connectivity index is 1.65. The maximum Gasteiger partial charge on any atom is 0.289 e. The number of hydrazine groups is 1. The first kappa shape index (κ1) is 18.1. The van der Waals surface area contributed by atoms with Crippen LogP contribution in [0.2, 0.25) is 0 Å². The van der Waals surface area contributed by atoms with Crippen LogP contribution in [0.3, 0.4) is 0 Å². The summed E-state index contributed by atoms with van der Waals surface area (Å²) in [6.07, 6.45) is 4.13. The maximum absolute atomic E-state index is 12.6. The van der Waals surface area contributed by atoms with E-state index in [1.54, 1.807) is 6.92 Å². The van der Waals surface area contributed by atoms with Crippen LogP contribution >= 0.6 is 12.2 Å². The summed E-state index contributed by atoms with van der Waals surface area (Å²) in [7, 11) is 0. The fourth-order valence-electron chi connectivity index (χ4n) is 2.22. The first-order chi connectivity index (χ1) is 13.1. The Morgan fingerprint density at radius 1 is 1.07 bits per heavy atom. The lowest BCUT2D eigenvalue weighted by molar-refractivity contribution is 0.0930. The molecule has 0 bridgehead atoms. The number of thiocarbonyl (C=S) groups is 1. The van der Waals surface area contributed by atoms with Gasteiger partial charge in [-0.2, -0.15) is 0 Å². The van der Waals surface area contributed by atoms with Crippen LogP contribution in [0, 0.1) is 6.92 Å². The minimum atomic E-state index is -0.550.